The lowest BCUT2D eigenvalue weighted by atomic mass is 9.99. The van der Waals surface area contributed by atoms with Crippen molar-refractivity contribution in [1.82, 2.24) is 0 Å². The first-order valence-electron chi connectivity index (χ1n) is 6.96. The molecule has 1 aromatic rings. The summed E-state index contributed by atoms with van der Waals surface area (Å²) in [7, 11) is 1.61. The lowest BCUT2D eigenvalue weighted by Crippen LogP contribution is -2.51. The molecule has 0 spiro atoms. The quantitative estimate of drug-likeness (QED) is 0.767. The molecule has 0 aliphatic carbocycles. The van der Waals surface area contributed by atoms with E-state index >= 15 is 0 Å². The van der Waals surface area contributed by atoms with Gasteiger partial charge in [-0.2, -0.15) is 0 Å². The normalized spacial score (nSPS) is 21.3. The lowest BCUT2D eigenvalue weighted by molar-refractivity contribution is -0.121. The van der Waals surface area contributed by atoms with E-state index in [2.05, 4.69) is 5.32 Å². The highest BCUT2D eigenvalue weighted by molar-refractivity contribution is 5.99. The Morgan fingerprint density at radius 3 is 2.95 bits per heavy atom. The number of methoxy groups -OCH3 is 1. The van der Waals surface area contributed by atoms with Crippen molar-refractivity contribution in [2.45, 2.75) is 18.9 Å². The minimum absolute atomic E-state index is 0.241. The first kappa shape index (κ1) is 15.8. The molecule has 21 heavy (non-hydrogen) atoms. The third kappa shape index (κ3) is 3.93. The van der Waals surface area contributed by atoms with E-state index in [1.54, 1.807) is 7.11 Å². The van der Waals surface area contributed by atoms with Gasteiger partial charge >= 0.3 is 0 Å². The first-order chi connectivity index (χ1) is 10.0. The van der Waals surface area contributed by atoms with E-state index < -0.39 is 5.54 Å². The molecule has 0 saturated carbocycles. The van der Waals surface area contributed by atoms with Crippen LogP contribution in [0.5, 0.6) is 5.75 Å². The maximum Gasteiger partial charge on any atom is 0.247 e. The van der Waals surface area contributed by atoms with Crippen LogP contribution in [0.3, 0.4) is 0 Å². The number of anilines is 1. The van der Waals surface area contributed by atoms with Crippen LogP contribution in [0.2, 0.25) is 0 Å². The zero-order valence-electron chi connectivity index (χ0n) is 12.5. The number of ether oxygens (including phenoxy) is 3. The number of carbonyl (C=O) groups is 1. The zero-order valence-corrected chi connectivity index (χ0v) is 12.5. The summed E-state index contributed by atoms with van der Waals surface area (Å²) in [4.78, 5) is 12.3. The van der Waals surface area contributed by atoms with Gasteiger partial charge in [0.2, 0.25) is 5.91 Å². The van der Waals surface area contributed by atoms with Gasteiger partial charge in [0, 0.05) is 13.7 Å². The molecular weight excluding hydrogens is 272 g/mol. The van der Waals surface area contributed by atoms with Crippen molar-refractivity contribution >= 4 is 11.6 Å². The third-order valence-corrected chi connectivity index (χ3v) is 3.43. The average molecular weight is 294 g/mol. The molecule has 1 atom stereocenters. The van der Waals surface area contributed by atoms with Gasteiger partial charge in [-0.05, 0) is 31.0 Å². The van der Waals surface area contributed by atoms with Gasteiger partial charge in [-0.25, -0.2) is 0 Å². The molecule has 1 amide bonds. The number of aryl methyl sites for hydroxylation is 1. The zero-order chi connectivity index (χ0) is 15.3. The van der Waals surface area contributed by atoms with Crippen molar-refractivity contribution < 1.29 is 19.0 Å². The summed E-state index contributed by atoms with van der Waals surface area (Å²) in [6.07, 6.45) is 0.518. The summed E-state index contributed by atoms with van der Waals surface area (Å²) in [6.45, 7) is 3.61. The molecule has 0 bridgehead atoms. The van der Waals surface area contributed by atoms with Gasteiger partial charge < -0.3 is 25.3 Å². The summed E-state index contributed by atoms with van der Waals surface area (Å²) in [5, 5.41) is 2.84. The number of hydrogen-bond donors (Lipinski definition) is 2. The Kier molecular flexibility index (Phi) is 5.17. The Balaban J connectivity index is 2.09. The third-order valence-electron chi connectivity index (χ3n) is 3.43. The molecule has 1 heterocycles. The van der Waals surface area contributed by atoms with Crippen molar-refractivity contribution in [3.63, 3.8) is 0 Å². The number of amides is 1. The van der Waals surface area contributed by atoms with Crippen molar-refractivity contribution in [1.29, 1.82) is 0 Å². The van der Waals surface area contributed by atoms with E-state index in [9.17, 15) is 4.79 Å². The number of nitrogens with one attached hydrogen (secondary N) is 1. The second-order valence-electron chi connectivity index (χ2n) is 5.25. The van der Waals surface area contributed by atoms with Crippen LogP contribution in [-0.4, -0.2) is 45.0 Å². The highest BCUT2D eigenvalue weighted by Gasteiger charge is 2.38. The molecule has 1 aromatic carbocycles. The molecule has 6 heteroatoms. The van der Waals surface area contributed by atoms with Crippen LogP contribution in [0, 0.1) is 6.92 Å². The van der Waals surface area contributed by atoms with Gasteiger partial charge in [0.15, 0.2) is 0 Å². The highest BCUT2D eigenvalue weighted by atomic mass is 16.5. The molecule has 1 aliphatic rings. The van der Waals surface area contributed by atoms with Crippen LogP contribution in [0.4, 0.5) is 5.69 Å². The Morgan fingerprint density at radius 2 is 2.29 bits per heavy atom. The molecule has 1 aliphatic heterocycles. The van der Waals surface area contributed by atoms with Crippen molar-refractivity contribution in [2.24, 2.45) is 5.73 Å². The molecule has 1 fully saturated rings. The number of rotatable bonds is 6. The SMILES string of the molecule is COCCOc1cc(C)ccc1NC(=O)C1(N)CCOC1. The van der Waals surface area contributed by atoms with Gasteiger partial charge in [0.1, 0.15) is 17.9 Å². The lowest BCUT2D eigenvalue weighted by Gasteiger charge is -2.22. The number of benzene rings is 1. The first-order valence-corrected chi connectivity index (χ1v) is 6.96. The van der Waals surface area contributed by atoms with Crippen LogP contribution in [0.25, 0.3) is 0 Å². The maximum atomic E-state index is 12.3. The Morgan fingerprint density at radius 1 is 1.48 bits per heavy atom. The summed E-state index contributed by atoms with van der Waals surface area (Å²) in [5.74, 6) is 0.364. The monoisotopic (exact) mass is 294 g/mol. The minimum Gasteiger partial charge on any atom is -0.489 e. The van der Waals surface area contributed by atoms with Gasteiger partial charge in [-0.3, -0.25) is 4.79 Å². The molecule has 1 unspecified atom stereocenters. The average Bonchev–Trinajstić information content (AvgIpc) is 2.90. The predicted molar refractivity (Wildman–Crippen MR) is 79.5 cm³/mol. The topological polar surface area (TPSA) is 82.8 Å². The van der Waals surface area contributed by atoms with E-state index in [0.29, 0.717) is 37.7 Å². The van der Waals surface area contributed by atoms with Gasteiger partial charge in [0.05, 0.1) is 18.9 Å². The molecule has 0 radical (unpaired) electrons. The van der Waals surface area contributed by atoms with E-state index in [1.807, 2.05) is 25.1 Å². The van der Waals surface area contributed by atoms with Crippen molar-refractivity contribution in [3.8, 4) is 5.75 Å². The Hall–Kier alpha value is -1.63. The van der Waals surface area contributed by atoms with Crippen LogP contribution in [-0.2, 0) is 14.3 Å². The molecule has 1 saturated heterocycles. The number of nitrogens with two attached hydrogens (primary N) is 1. The van der Waals surface area contributed by atoms with Crippen LogP contribution in [0.15, 0.2) is 18.2 Å². The summed E-state index contributed by atoms with van der Waals surface area (Å²) < 4.78 is 15.8. The standard InChI is InChI=1S/C15H22N2O4/c1-11-3-4-12(13(9-11)21-8-7-19-2)17-14(18)15(16)5-6-20-10-15/h3-4,9H,5-8,10,16H2,1-2H3,(H,17,18). The maximum absolute atomic E-state index is 12.3. The summed E-state index contributed by atoms with van der Waals surface area (Å²) >= 11 is 0. The van der Waals surface area contributed by atoms with Crippen molar-refractivity contribution in [3.05, 3.63) is 23.8 Å². The largest absolute Gasteiger partial charge is 0.489 e. The minimum atomic E-state index is -0.964. The van der Waals surface area contributed by atoms with E-state index in [0.717, 1.165) is 5.56 Å². The Bertz CT molecular complexity index is 498. The van der Waals surface area contributed by atoms with E-state index in [4.69, 9.17) is 19.9 Å². The fourth-order valence-electron chi connectivity index (χ4n) is 2.09. The fourth-order valence-corrected chi connectivity index (χ4v) is 2.09. The molecule has 0 aromatic heterocycles. The molecule has 6 nitrogen and oxygen atoms in total. The van der Waals surface area contributed by atoms with Crippen LogP contribution < -0.4 is 15.8 Å². The second kappa shape index (κ2) is 6.89. The Labute approximate surface area is 124 Å². The van der Waals surface area contributed by atoms with Crippen LogP contribution >= 0.6 is 0 Å². The van der Waals surface area contributed by atoms with Crippen LogP contribution in [0.1, 0.15) is 12.0 Å². The van der Waals surface area contributed by atoms with Crippen molar-refractivity contribution in [2.75, 3.05) is 38.9 Å². The van der Waals surface area contributed by atoms with Gasteiger partial charge in [0.25, 0.3) is 0 Å². The number of hydrogen-bond acceptors (Lipinski definition) is 5. The molecule has 3 N–H and O–H groups in total. The summed E-state index contributed by atoms with van der Waals surface area (Å²) in [5.41, 5.74) is 6.75. The highest BCUT2D eigenvalue weighted by Crippen LogP contribution is 2.27. The van der Waals surface area contributed by atoms with E-state index in [-0.39, 0.29) is 12.5 Å². The smallest absolute Gasteiger partial charge is 0.247 e. The van der Waals surface area contributed by atoms with E-state index in [1.165, 1.54) is 0 Å². The molecule has 116 valence electrons. The van der Waals surface area contributed by atoms with Gasteiger partial charge in [-0.1, -0.05) is 6.07 Å². The molecule has 2 rings (SSSR count). The fraction of sp³-hybridized carbons (Fsp3) is 0.533. The van der Waals surface area contributed by atoms with Gasteiger partial charge in [-0.15, -0.1) is 0 Å². The molecular formula is C15H22N2O4. The second-order valence-corrected chi connectivity index (χ2v) is 5.25. The number of carbonyl (C=O) groups excluding carboxylic acids is 1. The predicted octanol–water partition coefficient (Wildman–Crippen LogP) is 1.08. The summed E-state index contributed by atoms with van der Waals surface area (Å²) in [6, 6.07) is 5.60.